The second-order valence-electron chi connectivity index (χ2n) is 30.3. The average Bonchev–Trinajstić information content (AvgIpc) is 1.67. The van der Waals surface area contributed by atoms with Crippen molar-refractivity contribution in [3.8, 4) is 11.5 Å². The van der Waals surface area contributed by atoms with Gasteiger partial charge in [0.15, 0.2) is 0 Å². The lowest BCUT2D eigenvalue weighted by Gasteiger charge is -2.31. The molecule has 4 amide bonds. The van der Waals surface area contributed by atoms with Crippen LogP contribution in [0.5, 0.6) is 0 Å². The molecule has 2 saturated carbocycles. The van der Waals surface area contributed by atoms with Gasteiger partial charge in [-0.1, -0.05) is 160 Å². The summed E-state index contributed by atoms with van der Waals surface area (Å²) in [5, 5.41) is 30.2. The maximum absolute atomic E-state index is 14.4. The molecule has 4 aromatic carbocycles. The first-order valence-corrected chi connectivity index (χ1v) is 43.2. The Morgan fingerprint density at radius 2 is 0.908 bits per heavy atom. The summed E-state index contributed by atoms with van der Waals surface area (Å²) in [6.07, 6.45) is 18.4. The number of ketones is 2. The van der Waals surface area contributed by atoms with Crippen molar-refractivity contribution in [2.24, 2.45) is 23.7 Å². The second-order valence-corrected chi connectivity index (χ2v) is 34.7. The summed E-state index contributed by atoms with van der Waals surface area (Å²) in [5.41, 5.74) is 3.36. The maximum atomic E-state index is 14.4. The fraction of sp³-hybridized carbons (Fsp3) is 0.570. The molecule has 0 unspecified atom stereocenters. The highest BCUT2D eigenvalue weighted by Gasteiger charge is 2.47. The number of sulfonamides is 2. The third kappa shape index (κ3) is 25.3. The maximum Gasteiger partial charge on any atom is 0.286 e. The SMILES string of the molecule is CS(=O)(=O)N[C@H](CCC1CCNCC1)C(=O)N1C[C@H](OCc2ccc(Cl)cc2)C[C@H]1C(=O)N[C@@H](CC1CCCCC1)C(=O)c1nnc(-c2ccccc2)o1.CS(=O)(=O)N[C@H](CCC1CCNCC1)C(=O)N1C[C@H](OCc2ccc(Cl)cc2)C[C@H]1C(=O)N[C@@H](CC1CCCCC1)C(=O)c1nnc(Cc2ccccc2)o1. The lowest BCUT2D eigenvalue weighted by atomic mass is 9.84. The van der Waals surface area contributed by atoms with Crippen molar-refractivity contribution in [3.05, 3.63) is 154 Å². The van der Waals surface area contributed by atoms with Crippen LogP contribution in [0.1, 0.15) is 185 Å². The first kappa shape index (κ1) is 82.6. The topological polar surface area (TPSA) is 346 Å². The molecule has 109 heavy (non-hydrogen) atoms. The van der Waals surface area contributed by atoms with Gasteiger partial charge in [0.05, 0.1) is 56.4 Å². The number of carbonyl (C=O) groups is 6. The summed E-state index contributed by atoms with van der Waals surface area (Å²) >= 11 is 12.1. The molecule has 2 aromatic heterocycles. The Morgan fingerprint density at radius 1 is 0.495 bits per heavy atom. The van der Waals surface area contributed by atoms with Gasteiger partial charge in [-0.3, -0.25) is 28.8 Å². The Morgan fingerprint density at radius 3 is 1.34 bits per heavy atom. The molecule has 8 atom stereocenters. The highest BCUT2D eigenvalue weighted by Crippen LogP contribution is 2.34. The van der Waals surface area contributed by atoms with Gasteiger partial charge >= 0.3 is 0 Å². The van der Waals surface area contributed by atoms with Gasteiger partial charge in [0.25, 0.3) is 11.8 Å². The number of nitrogens with zero attached hydrogens (tertiary/aromatic N) is 6. The molecule has 2 aliphatic carbocycles. The van der Waals surface area contributed by atoms with E-state index in [1.807, 2.05) is 72.8 Å². The number of piperidine rings is 2. The minimum absolute atomic E-state index is 0.0745. The van der Waals surface area contributed by atoms with Crippen molar-refractivity contribution in [2.75, 3.05) is 51.8 Å². The zero-order valence-electron chi connectivity index (χ0n) is 62.2. The minimum atomic E-state index is -3.77. The molecular weight excluding hydrogens is 1480 g/mol. The molecule has 6 heterocycles. The normalized spacial score (nSPS) is 21.0. The fourth-order valence-electron chi connectivity index (χ4n) is 16.0. The van der Waals surface area contributed by atoms with Crippen LogP contribution in [0.15, 0.2) is 118 Å². The molecule has 26 nitrogen and oxygen atoms in total. The number of hydrogen-bond donors (Lipinski definition) is 6. The summed E-state index contributed by atoms with van der Waals surface area (Å²) in [7, 11) is -7.54. The molecule has 30 heteroatoms. The van der Waals surface area contributed by atoms with E-state index >= 15 is 0 Å². The standard InChI is InChI=1S/C40H53ClN6O7S.C39H51ClN6O7S/c1-55(51,52)46-33(17-14-27-18-20-42-21-19-27)40(50)47-25-32(53-26-30-12-15-31(41)16-13-30)24-35(47)38(49)43-34(22-28-8-4-2-5-9-28)37(48)39-45-44-36(54-39)23-29-10-6-3-7-11-29;1-54(50,51)45-32(17-14-26-18-20-41-21-19-26)39(49)46-24-31(52-25-28-12-15-30(40)16-13-28)23-34(46)36(48)42-33(22-27-8-4-2-5-9-27)35(47)38-44-43-37(53-38)29-10-6-3-7-11-29/h3,6-7,10-13,15-16,27-28,32-35,42,46H,2,4-5,8-9,14,17-26H2,1H3,(H,43,49);3,6-7,10-13,15-16,26-27,31-34,41,45H,2,4-5,8-9,14,17-25H2,1H3,(H,42,48)/t32-,33-,34+,35+;31-,32-,33+,34+/m11/s1. The van der Waals surface area contributed by atoms with Gasteiger partial charge in [0.2, 0.25) is 67.0 Å². The van der Waals surface area contributed by atoms with E-state index < -0.39 is 104 Å². The summed E-state index contributed by atoms with van der Waals surface area (Å²) in [4.78, 5) is 88.7. The lowest BCUT2D eigenvalue weighted by molar-refractivity contribution is -0.140. The highest BCUT2D eigenvalue weighted by molar-refractivity contribution is 7.89. The molecule has 6 aliphatic rings. The van der Waals surface area contributed by atoms with Crippen LogP contribution in [-0.2, 0) is 68.3 Å². The second kappa shape index (κ2) is 40.2. The predicted octanol–water partition coefficient (Wildman–Crippen LogP) is 9.75. The van der Waals surface area contributed by atoms with Crippen molar-refractivity contribution < 1.29 is 63.9 Å². The van der Waals surface area contributed by atoms with E-state index in [-0.39, 0.29) is 68.7 Å². The van der Waals surface area contributed by atoms with Crippen molar-refractivity contribution in [2.45, 2.75) is 209 Å². The van der Waals surface area contributed by atoms with Gasteiger partial charge in [-0.15, -0.1) is 20.4 Å². The van der Waals surface area contributed by atoms with Gasteiger partial charge in [-0.2, -0.15) is 0 Å². The first-order valence-electron chi connectivity index (χ1n) is 38.7. The number of ether oxygens (including phenoxy) is 2. The van der Waals surface area contributed by atoms with Gasteiger partial charge in [0, 0.05) is 41.5 Å². The number of benzene rings is 4. The summed E-state index contributed by atoms with van der Waals surface area (Å²) in [6, 6.07) is 27.1. The summed E-state index contributed by atoms with van der Waals surface area (Å²) in [5.74, 6) is -1.74. The third-order valence-corrected chi connectivity index (χ3v) is 23.8. The van der Waals surface area contributed by atoms with Crippen molar-refractivity contribution in [1.29, 1.82) is 0 Å². The molecule has 590 valence electrons. The Kier molecular flexibility index (Phi) is 30.5. The lowest BCUT2D eigenvalue weighted by Crippen LogP contribution is -2.55. The smallest absolute Gasteiger partial charge is 0.286 e. The van der Waals surface area contributed by atoms with Gasteiger partial charge < -0.3 is 49.4 Å². The number of halogens is 2. The number of Topliss-reactive ketones (excluding diaryl/α,β-unsaturated/α-hetero) is 2. The van der Waals surface area contributed by atoms with Gasteiger partial charge in [-0.25, -0.2) is 26.3 Å². The van der Waals surface area contributed by atoms with Crippen LogP contribution in [0.3, 0.4) is 0 Å². The molecular formula is C79H104Cl2N12O14S2. The Hall–Kier alpha value is -7.38. The number of hydrogen-bond acceptors (Lipinski definition) is 20. The zero-order valence-corrected chi connectivity index (χ0v) is 65.4. The number of carbonyl (C=O) groups excluding carboxylic acids is 6. The van der Waals surface area contributed by atoms with Crippen LogP contribution in [0.2, 0.25) is 10.0 Å². The molecule has 6 fully saturated rings. The largest absolute Gasteiger partial charge is 0.418 e. The number of nitrogens with one attached hydrogen (secondary N) is 6. The molecule has 0 bridgehead atoms. The van der Waals surface area contributed by atoms with E-state index in [9.17, 15) is 45.6 Å². The first-order chi connectivity index (χ1) is 52.5. The van der Waals surface area contributed by atoms with Gasteiger partial charge in [-0.05, 0) is 167 Å². The average molecular weight is 1580 g/mol. The molecule has 0 radical (unpaired) electrons. The summed E-state index contributed by atoms with van der Waals surface area (Å²) in [6.45, 7) is 4.11. The van der Waals surface area contributed by atoms with E-state index in [0.29, 0.717) is 78.3 Å². The van der Waals surface area contributed by atoms with Gasteiger partial charge in [0.1, 0.15) is 24.2 Å². The van der Waals surface area contributed by atoms with E-state index in [1.54, 1.807) is 36.4 Å². The minimum Gasteiger partial charge on any atom is -0.418 e. The number of aromatic nitrogens is 4. The van der Waals surface area contributed by atoms with E-state index in [4.69, 9.17) is 41.5 Å². The van der Waals surface area contributed by atoms with Crippen molar-refractivity contribution in [3.63, 3.8) is 0 Å². The summed E-state index contributed by atoms with van der Waals surface area (Å²) < 4.78 is 79.5. The Bertz CT molecular complexity index is 4180. The molecule has 6 N–H and O–H groups in total. The predicted molar refractivity (Wildman–Crippen MR) is 412 cm³/mol. The van der Waals surface area contributed by atoms with E-state index in [0.717, 1.165) is 145 Å². The van der Waals surface area contributed by atoms with E-state index in [2.05, 4.69) is 51.1 Å². The molecule has 4 aliphatic heterocycles. The zero-order chi connectivity index (χ0) is 76.9. The Balaban J connectivity index is 0.000000217. The molecule has 0 spiro atoms. The van der Waals surface area contributed by atoms with Crippen LogP contribution in [0.4, 0.5) is 0 Å². The number of likely N-dealkylation sites (tertiary alicyclic amines) is 2. The third-order valence-electron chi connectivity index (χ3n) is 21.8. The van der Waals surface area contributed by atoms with Crippen LogP contribution in [0, 0.1) is 23.7 Å². The highest BCUT2D eigenvalue weighted by atomic mass is 35.5. The Labute approximate surface area is 649 Å². The molecule has 6 aromatic rings. The van der Waals surface area contributed by atoms with Crippen LogP contribution in [0.25, 0.3) is 11.5 Å². The van der Waals surface area contributed by atoms with Crippen LogP contribution < -0.4 is 30.7 Å². The number of amides is 4. The van der Waals surface area contributed by atoms with Crippen LogP contribution in [-0.4, -0.2) is 182 Å². The van der Waals surface area contributed by atoms with Crippen molar-refractivity contribution in [1.82, 2.24) is 60.9 Å². The monoisotopic (exact) mass is 1580 g/mol. The quantitative estimate of drug-likeness (QED) is 0.0209. The molecule has 4 saturated heterocycles. The van der Waals surface area contributed by atoms with Crippen LogP contribution >= 0.6 is 23.2 Å². The number of rotatable bonds is 33. The van der Waals surface area contributed by atoms with Crippen molar-refractivity contribution >= 4 is 78.4 Å². The molecule has 12 rings (SSSR count). The fourth-order valence-corrected chi connectivity index (χ4v) is 17.7. The van der Waals surface area contributed by atoms with E-state index in [1.165, 1.54) is 9.80 Å².